The monoisotopic (exact) mass is 264 g/mol. The SMILES string of the molecule is CCN(C(=O)C1CCCC(N)C1)c1cccc(F)c1. The van der Waals surface area contributed by atoms with Gasteiger partial charge in [-0.25, -0.2) is 4.39 Å². The van der Waals surface area contributed by atoms with Gasteiger partial charge in [-0.15, -0.1) is 0 Å². The normalized spacial score (nSPS) is 23.1. The fourth-order valence-corrected chi connectivity index (χ4v) is 2.78. The number of carbonyl (C=O) groups excluding carboxylic acids is 1. The Labute approximate surface area is 113 Å². The van der Waals surface area contributed by atoms with Crippen LogP contribution in [0, 0.1) is 11.7 Å². The van der Waals surface area contributed by atoms with Crippen molar-refractivity contribution in [2.75, 3.05) is 11.4 Å². The number of nitrogens with zero attached hydrogens (tertiary/aromatic N) is 1. The maximum atomic E-state index is 13.3. The molecule has 0 aromatic heterocycles. The van der Waals surface area contributed by atoms with Crippen molar-refractivity contribution in [1.82, 2.24) is 0 Å². The molecular formula is C15H21FN2O. The number of hydrogen-bond donors (Lipinski definition) is 1. The zero-order valence-electron chi connectivity index (χ0n) is 11.3. The number of nitrogens with two attached hydrogens (primary N) is 1. The molecule has 0 heterocycles. The lowest BCUT2D eigenvalue weighted by atomic mass is 9.85. The smallest absolute Gasteiger partial charge is 0.230 e. The molecule has 3 nitrogen and oxygen atoms in total. The van der Waals surface area contributed by atoms with E-state index in [2.05, 4.69) is 0 Å². The van der Waals surface area contributed by atoms with Crippen LogP contribution in [0.2, 0.25) is 0 Å². The molecule has 0 saturated heterocycles. The maximum Gasteiger partial charge on any atom is 0.230 e. The topological polar surface area (TPSA) is 46.3 Å². The van der Waals surface area contributed by atoms with Crippen LogP contribution in [0.1, 0.15) is 32.6 Å². The van der Waals surface area contributed by atoms with E-state index in [1.165, 1.54) is 12.1 Å². The summed E-state index contributed by atoms with van der Waals surface area (Å²) in [5.41, 5.74) is 6.57. The molecule has 1 aromatic rings. The summed E-state index contributed by atoms with van der Waals surface area (Å²) in [5.74, 6) is -0.265. The minimum absolute atomic E-state index is 0.0213. The second-order valence-corrected chi connectivity index (χ2v) is 5.19. The summed E-state index contributed by atoms with van der Waals surface area (Å²) in [6, 6.07) is 6.32. The first-order valence-electron chi connectivity index (χ1n) is 6.94. The number of hydrogen-bond acceptors (Lipinski definition) is 2. The highest BCUT2D eigenvalue weighted by atomic mass is 19.1. The minimum Gasteiger partial charge on any atom is -0.328 e. The van der Waals surface area contributed by atoms with E-state index in [0.717, 1.165) is 25.7 Å². The predicted octanol–water partition coefficient (Wildman–Crippen LogP) is 2.70. The highest BCUT2D eigenvalue weighted by molar-refractivity contribution is 5.95. The molecule has 2 unspecified atom stereocenters. The molecule has 1 fully saturated rings. The van der Waals surface area contributed by atoms with Crippen LogP contribution in [-0.4, -0.2) is 18.5 Å². The molecule has 1 amide bonds. The largest absolute Gasteiger partial charge is 0.328 e. The van der Waals surface area contributed by atoms with Crippen LogP contribution in [0.25, 0.3) is 0 Å². The molecule has 4 heteroatoms. The lowest BCUT2D eigenvalue weighted by Crippen LogP contribution is -2.40. The number of benzene rings is 1. The quantitative estimate of drug-likeness (QED) is 0.912. The predicted molar refractivity (Wildman–Crippen MR) is 74.4 cm³/mol. The van der Waals surface area contributed by atoms with Gasteiger partial charge in [0.2, 0.25) is 5.91 Å². The molecule has 1 saturated carbocycles. The average molecular weight is 264 g/mol. The molecule has 0 bridgehead atoms. The fraction of sp³-hybridized carbons (Fsp3) is 0.533. The van der Waals surface area contributed by atoms with Gasteiger partial charge in [0.05, 0.1) is 0 Å². The number of amides is 1. The third-order valence-electron chi connectivity index (χ3n) is 3.77. The third kappa shape index (κ3) is 3.32. The van der Waals surface area contributed by atoms with Crippen molar-refractivity contribution in [3.05, 3.63) is 30.1 Å². The number of anilines is 1. The van der Waals surface area contributed by atoms with Crippen molar-refractivity contribution in [3.63, 3.8) is 0 Å². The molecular weight excluding hydrogens is 243 g/mol. The van der Waals surface area contributed by atoms with E-state index >= 15 is 0 Å². The van der Waals surface area contributed by atoms with E-state index in [1.54, 1.807) is 17.0 Å². The highest BCUT2D eigenvalue weighted by Crippen LogP contribution is 2.27. The molecule has 104 valence electrons. The second kappa shape index (κ2) is 6.15. The van der Waals surface area contributed by atoms with E-state index in [-0.39, 0.29) is 23.7 Å². The molecule has 19 heavy (non-hydrogen) atoms. The molecule has 1 aliphatic carbocycles. The Kier molecular flexibility index (Phi) is 4.53. The van der Waals surface area contributed by atoms with Crippen LogP contribution in [0.4, 0.5) is 10.1 Å². The lowest BCUT2D eigenvalue weighted by Gasteiger charge is -2.31. The van der Waals surface area contributed by atoms with Gasteiger partial charge in [-0.1, -0.05) is 12.5 Å². The summed E-state index contributed by atoms with van der Waals surface area (Å²) in [5, 5.41) is 0. The second-order valence-electron chi connectivity index (χ2n) is 5.19. The minimum atomic E-state index is -0.316. The summed E-state index contributed by atoms with van der Waals surface area (Å²) in [4.78, 5) is 14.2. The van der Waals surface area contributed by atoms with Gasteiger partial charge in [0, 0.05) is 24.2 Å². The van der Waals surface area contributed by atoms with Crippen LogP contribution < -0.4 is 10.6 Å². The molecule has 0 radical (unpaired) electrons. The van der Waals surface area contributed by atoms with E-state index < -0.39 is 0 Å². The number of rotatable bonds is 3. The first kappa shape index (κ1) is 14.0. The van der Waals surface area contributed by atoms with Gasteiger partial charge >= 0.3 is 0 Å². The van der Waals surface area contributed by atoms with Gasteiger partial charge in [-0.2, -0.15) is 0 Å². The van der Waals surface area contributed by atoms with Crippen molar-refractivity contribution >= 4 is 11.6 Å². The van der Waals surface area contributed by atoms with Crippen molar-refractivity contribution in [3.8, 4) is 0 Å². The van der Waals surface area contributed by atoms with Crippen molar-refractivity contribution < 1.29 is 9.18 Å². The standard InChI is InChI=1S/C15H21FN2O/c1-2-18(14-8-4-6-12(16)10-14)15(19)11-5-3-7-13(17)9-11/h4,6,8,10-11,13H,2-3,5,7,9,17H2,1H3. The van der Waals surface area contributed by atoms with Crippen LogP contribution in [0.3, 0.4) is 0 Å². The van der Waals surface area contributed by atoms with E-state index in [9.17, 15) is 9.18 Å². The van der Waals surface area contributed by atoms with Crippen molar-refractivity contribution in [2.24, 2.45) is 11.7 Å². The van der Waals surface area contributed by atoms with Gasteiger partial charge in [-0.3, -0.25) is 4.79 Å². The molecule has 2 N–H and O–H groups in total. The summed E-state index contributed by atoms with van der Waals surface area (Å²) in [7, 11) is 0. The fourth-order valence-electron chi connectivity index (χ4n) is 2.78. The summed E-state index contributed by atoms with van der Waals surface area (Å²) >= 11 is 0. The van der Waals surface area contributed by atoms with Crippen molar-refractivity contribution in [1.29, 1.82) is 0 Å². The summed E-state index contributed by atoms with van der Waals surface area (Å²) in [6.07, 6.45) is 3.62. The number of halogens is 1. The first-order valence-corrected chi connectivity index (χ1v) is 6.94. The Bertz CT molecular complexity index is 450. The zero-order chi connectivity index (χ0) is 13.8. The number of carbonyl (C=O) groups is 1. The molecule has 0 spiro atoms. The van der Waals surface area contributed by atoms with Crippen LogP contribution in [-0.2, 0) is 4.79 Å². The maximum absolute atomic E-state index is 13.3. The zero-order valence-corrected chi connectivity index (χ0v) is 11.3. The summed E-state index contributed by atoms with van der Waals surface area (Å²) in [6.45, 7) is 2.46. The van der Waals surface area contributed by atoms with E-state index in [4.69, 9.17) is 5.73 Å². The van der Waals surface area contributed by atoms with E-state index in [1.807, 2.05) is 6.92 Å². The Morgan fingerprint density at radius 1 is 1.47 bits per heavy atom. The average Bonchev–Trinajstić information content (AvgIpc) is 2.39. The van der Waals surface area contributed by atoms with Gasteiger partial charge in [0.25, 0.3) is 0 Å². The Balaban J connectivity index is 2.15. The molecule has 1 aliphatic rings. The Morgan fingerprint density at radius 2 is 2.26 bits per heavy atom. The lowest BCUT2D eigenvalue weighted by molar-refractivity contribution is -0.123. The van der Waals surface area contributed by atoms with Gasteiger partial charge < -0.3 is 10.6 Å². The van der Waals surface area contributed by atoms with Gasteiger partial charge in [-0.05, 0) is 44.4 Å². The van der Waals surface area contributed by atoms with Gasteiger partial charge in [0.15, 0.2) is 0 Å². The first-order chi connectivity index (χ1) is 9.11. The molecule has 2 rings (SSSR count). The van der Waals surface area contributed by atoms with Crippen LogP contribution in [0.15, 0.2) is 24.3 Å². The van der Waals surface area contributed by atoms with Crippen LogP contribution >= 0.6 is 0 Å². The third-order valence-corrected chi connectivity index (χ3v) is 3.77. The molecule has 2 atom stereocenters. The molecule has 0 aliphatic heterocycles. The van der Waals surface area contributed by atoms with Gasteiger partial charge in [0.1, 0.15) is 5.82 Å². The van der Waals surface area contributed by atoms with Crippen molar-refractivity contribution in [2.45, 2.75) is 38.6 Å². The summed E-state index contributed by atoms with van der Waals surface area (Å²) < 4.78 is 13.3. The van der Waals surface area contributed by atoms with E-state index in [0.29, 0.717) is 12.2 Å². The Morgan fingerprint density at radius 3 is 2.89 bits per heavy atom. The Hall–Kier alpha value is -1.42. The van der Waals surface area contributed by atoms with Crippen LogP contribution in [0.5, 0.6) is 0 Å². The highest BCUT2D eigenvalue weighted by Gasteiger charge is 2.29. The molecule has 1 aromatic carbocycles.